The Bertz CT molecular complexity index is 1310. The second-order valence-corrected chi connectivity index (χ2v) is 14.1. The Hall–Kier alpha value is -3.14. The number of carbonyl (C=O) groups is 2. The van der Waals surface area contributed by atoms with Gasteiger partial charge in [-0.2, -0.15) is 0 Å². The minimum atomic E-state index is -0.559. The summed E-state index contributed by atoms with van der Waals surface area (Å²) in [6, 6.07) is 15.1. The molecule has 1 atom stereocenters. The summed E-state index contributed by atoms with van der Waals surface area (Å²) in [5.41, 5.74) is 12.1. The summed E-state index contributed by atoms with van der Waals surface area (Å²) in [4.78, 5) is 36.6. The molecular formula is C37H55N7O2. The van der Waals surface area contributed by atoms with Crippen LogP contribution in [0.15, 0.2) is 42.5 Å². The summed E-state index contributed by atoms with van der Waals surface area (Å²) in [6.07, 6.45) is 10.4. The van der Waals surface area contributed by atoms with Crippen molar-refractivity contribution in [2.75, 3.05) is 71.7 Å². The van der Waals surface area contributed by atoms with Crippen LogP contribution in [0.5, 0.6) is 0 Å². The molecule has 9 nitrogen and oxygen atoms in total. The Morgan fingerprint density at radius 2 is 1.57 bits per heavy atom. The third kappa shape index (κ3) is 8.41. The van der Waals surface area contributed by atoms with E-state index in [2.05, 4.69) is 51.7 Å². The molecule has 0 aromatic heterocycles. The van der Waals surface area contributed by atoms with Gasteiger partial charge in [-0.25, -0.2) is 4.79 Å². The highest BCUT2D eigenvalue weighted by Crippen LogP contribution is 2.24. The molecule has 3 fully saturated rings. The number of nitrogens with two attached hydrogens (primary N) is 1. The highest BCUT2D eigenvalue weighted by atomic mass is 16.2. The first-order chi connectivity index (χ1) is 22.4. The van der Waals surface area contributed by atoms with E-state index in [1.165, 1.54) is 42.4 Å². The lowest BCUT2D eigenvalue weighted by Gasteiger charge is -2.43. The molecule has 1 aliphatic carbocycles. The van der Waals surface area contributed by atoms with Crippen molar-refractivity contribution in [2.24, 2.45) is 0 Å². The number of carbonyl (C=O) groups excluding carboxylic acids is 2. The van der Waals surface area contributed by atoms with Crippen LogP contribution in [0, 0.1) is 0 Å². The van der Waals surface area contributed by atoms with E-state index in [4.69, 9.17) is 5.73 Å². The van der Waals surface area contributed by atoms with Gasteiger partial charge in [0, 0.05) is 63.5 Å². The van der Waals surface area contributed by atoms with Crippen molar-refractivity contribution in [3.63, 3.8) is 0 Å². The lowest BCUT2D eigenvalue weighted by atomic mass is 9.89. The Morgan fingerprint density at radius 3 is 2.30 bits per heavy atom. The van der Waals surface area contributed by atoms with Gasteiger partial charge in [0.15, 0.2) is 0 Å². The lowest BCUT2D eigenvalue weighted by molar-refractivity contribution is -0.135. The van der Waals surface area contributed by atoms with E-state index in [9.17, 15) is 9.59 Å². The zero-order valence-electron chi connectivity index (χ0n) is 27.9. The largest absolute Gasteiger partial charge is 0.399 e. The number of piperidine rings is 2. The molecule has 4 aliphatic rings. The molecule has 9 heteroatoms. The van der Waals surface area contributed by atoms with Gasteiger partial charge in [-0.3, -0.25) is 9.69 Å². The van der Waals surface area contributed by atoms with Crippen LogP contribution < -0.4 is 16.4 Å². The van der Waals surface area contributed by atoms with Crippen LogP contribution in [0.4, 0.5) is 10.5 Å². The van der Waals surface area contributed by atoms with Gasteiger partial charge in [0.05, 0.1) is 0 Å². The molecule has 250 valence electrons. The molecule has 46 heavy (non-hydrogen) atoms. The third-order valence-electron chi connectivity index (χ3n) is 10.9. The van der Waals surface area contributed by atoms with E-state index in [0.29, 0.717) is 31.6 Å². The normalized spacial score (nSPS) is 21.2. The van der Waals surface area contributed by atoms with Crippen molar-refractivity contribution < 1.29 is 9.59 Å². The van der Waals surface area contributed by atoms with E-state index in [0.717, 1.165) is 89.2 Å². The highest BCUT2D eigenvalue weighted by Gasteiger charge is 2.33. The number of para-hydroxylation sites is 1. The number of urea groups is 1. The average molecular weight is 630 g/mol. The predicted molar refractivity (Wildman–Crippen MR) is 185 cm³/mol. The summed E-state index contributed by atoms with van der Waals surface area (Å²) < 4.78 is 0. The highest BCUT2D eigenvalue weighted by molar-refractivity contribution is 5.87. The first-order valence-corrected chi connectivity index (χ1v) is 17.9. The molecule has 3 amide bonds. The Morgan fingerprint density at radius 1 is 0.848 bits per heavy atom. The zero-order chi connectivity index (χ0) is 31.9. The van der Waals surface area contributed by atoms with Crippen molar-refractivity contribution in [2.45, 2.75) is 82.3 Å². The molecule has 0 saturated carbocycles. The van der Waals surface area contributed by atoms with Gasteiger partial charge < -0.3 is 31.1 Å². The molecule has 6 rings (SSSR count). The molecule has 2 aromatic rings. The first-order valence-electron chi connectivity index (χ1n) is 17.9. The summed E-state index contributed by atoms with van der Waals surface area (Å²) in [5.74, 6) is 0.0610. The van der Waals surface area contributed by atoms with E-state index in [1.807, 2.05) is 28.0 Å². The number of nitrogen functional groups attached to an aromatic ring is 1. The van der Waals surface area contributed by atoms with Crippen molar-refractivity contribution >= 4 is 17.6 Å². The fourth-order valence-electron chi connectivity index (χ4n) is 7.94. The molecule has 0 radical (unpaired) electrons. The number of nitrogens with zero attached hydrogens (tertiary/aromatic N) is 4. The van der Waals surface area contributed by atoms with Crippen LogP contribution in [0.2, 0.25) is 0 Å². The second-order valence-electron chi connectivity index (χ2n) is 14.1. The van der Waals surface area contributed by atoms with Crippen LogP contribution in [0.3, 0.4) is 0 Å². The Balaban J connectivity index is 1.04. The number of likely N-dealkylation sites (tertiary alicyclic amines) is 2. The molecule has 4 N–H and O–H groups in total. The average Bonchev–Trinajstić information content (AvgIpc) is 3.09. The lowest BCUT2D eigenvalue weighted by Crippen LogP contribution is -2.59. The molecule has 3 saturated heterocycles. The number of aryl methyl sites for hydroxylation is 2. The Labute approximate surface area is 275 Å². The van der Waals surface area contributed by atoms with E-state index < -0.39 is 6.04 Å². The van der Waals surface area contributed by atoms with Crippen molar-refractivity contribution in [1.29, 1.82) is 0 Å². The SMILES string of the molecule is CN1CCC(N2CCN(C(=O)[C@@H](Cc3ccc4c(c3)CCCC4)NC(=O)N3CCC(NCCc4ccccc4N)CC3)CC2)CC1. The Kier molecular flexibility index (Phi) is 11.1. The van der Waals surface area contributed by atoms with Gasteiger partial charge in [-0.05, 0) is 113 Å². The number of hydrogen-bond acceptors (Lipinski definition) is 6. The topological polar surface area (TPSA) is 97.2 Å². The van der Waals surface area contributed by atoms with E-state index in [1.54, 1.807) is 0 Å². The number of fused-ring (bicyclic) bond motifs is 1. The summed E-state index contributed by atoms with van der Waals surface area (Å²) in [5, 5.41) is 6.88. The van der Waals surface area contributed by atoms with Crippen molar-refractivity contribution in [1.82, 2.24) is 30.2 Å². The van der Waals surface area contributed by atoms with Gasteiger partial charge in [-0.15, -0.1) is 0 Å². The summed E-state index contributed by atoms with van der Waals surface area (Å²) >= 11 is 0. The van der Waals surface area contributed by atoms with Crippen LogP contribution in [0.25, 0.3) is 0 Å². The molecular weight excluding hydrogens is 574 g/mol. The number of nitrogens with one attached hydrogen (secondary N) is 2. The number of benzene rings is 2. The van der Waals surface area contributed by atoms with Crippen LogP contribution >= 0.6 is 0 Å². The van der Waals surface area contributed by atoms with Crippen LogP contribution in [0.1, 0.15) is 60.8 Å². The third-order valence-corrected chi connectivity index (χ3v) is 10.9. The molecule has 0 unspecified atom stereocenters. The van der Waals surface area contributed by atoms with Gasteiger partial charge in [0.1, 0.15) is 6.04 Å². The molecule has 0 bridgehead atoms. The zero-order valence-corrected chi connectivity index (χ0v) is 27.9. The van der Waals surface area contributed by atoms with E-state index >= 15 is 0 Å². The predicted octanol–water partition coefficient (Wildman–Crippen LogP) is 3.30. The van der Waals surface area contributed by atoms with Crippen LogP contribution in [-0.2, 0) is 30.5 Å². The smallest absolute Gasteiger partial charge is 0.318 e. The maximum atomic E-state index is 14.1. The first kappa shape index (κ1) is 32.8. The van der Waals surface area contributed by atoms with Gasteiger partial charge in [0.25, 0.3) is 0 Å². The number of piperazine rings is 1. The molecule has 3 aliphatic heterocycles. The minimum Gasteiger partial charge on any atom is -0.399 e. The summed E-state index contributed by atoms with van der Waals surface area (Å²) in [6.45, 7) is 7.82. The van der Waals surface area contributed by atoms with Crippen molar-refractivity contribution in [3.8, 4) is 0 Å². The number of anilines is 1. The maximum Gasteiger partial charge on any atom is 0.318 e. The molecule has 0 spiro atoms. The minimum absolute atomic E-state index is 0.0610. The fraction of sp³-hybridized carbons (Fsp3) is 0.622. The second kappa shape index (κ2) is 15.6. The van der Waals surface area contributed by atoms with Gasteiger partial charge >= 0.3 is 6.03 Å². The van der Waals surface area contributed by atoms with E-state index in [-0.39, 0.29) is 11.9 Å². The number of hydrogen-bond donors (Lipinski definition) is 3. The monoisotopic (exact) mass is 629 g/mol. The number of amides is 3. The van der Waals surface area contributed by atoms with Crippen LogP contribution in [-0.4, -0.2) is 116 Å². The summed E-state index contributed by atoms with van der Waals surface area (Å²) in [7, 11) is 2.20. The van der Waals surface area contributed by atoms with Gasteiger partial charge in [-0.1, -0.05) is 36.4 Å². The standard InChI is InChI=1S/C37H55N7O2/c1-41-18-15-33(16-19-41)42-22-24-43(25-23-42)36(45)35(27-28-10-11-29-6-2-3-8-31(29)26-28)40-37(46)44-20-13-32(14-21-44)39-17-12-30-7-4-5-9-34(30)38/h4-5,7,9-11,26,32-33,35,39H,2-3,6,8,12-25,27,38H2,1H3,(H,40,46)/t35-/m1/s1. The molecule has 2 aromatic carbocycles. The molecule has 3 heterocycles. The fourth-order valence-corrected chi connectivity index (χ4v) is 7.94. The maximum absolute atomic E-state index is 14.1. The van der Waals surface area contributed by atoms with Crippen molar-refractivity contribution in [3.05, 3.63) is 64.7 Å². The quantitative estimate of drug-likeness (QED) is 0.369. The van der Waals surface area contributed by atoms with Gasteiger partial charge in [0.2, 0.25) is 5.91 Å². The number of rotatable bonds is 9.